The van der Waals surface area contributed by atoms with Gasteiger partial charge in [0.1, 0.15) is 22.5 Å². The number of nitrogens with zero attached hydrogens (tertiary/aromatic N) is 2. The molecule has 2 N–H and O–H groups in total. The van der Waals surface area contributed by atoms with Crippen molar-refractivity contribution >= 4 is 55.5 Å². The number of carbonyl (C=O) groups excluding carboxylic acids is 1. The Kier molecular flexibility index (Phi) is 6.66. The number of benzene rings is 2. The maximum absolute atomic E-state index is 13.4. The van der Waals surface area contributed by atoms with Gasteiger partial charge in [-0.25, -0.2) is 14.2 Å². The van der Waals surface area contributed by atoms with Gasteiger partial charge >= 0.3 is 5.97 Å². The Morgan fingerprint density at radius 3 is 2.64 bits per heavy atom. The first-order valence-corrected chi connectivity index (χ1v) is 11.4. The minimum absolute atomic E-state index is 0.0210. The highest BCUT2D eigenvalue weighted by Gasteiger charge is 2.25. The highest BCUT2D eigenvalue weighted by atomic mass is 32.1. The van der Waals surface area contributed by atoms with Crippen molar-refractivity contribution < 1.29 is 18.4 Å². The van der Waals surface area contributed by atoms with Crippen LogP contribution in [0.3, 0.4) is 0 Å². The fraction of sp³-hybridized carbons (Fsp3) is 0.217. The van der Waals surface area contributed by atoms with Gasteiger partial charge in [0.15, 0.2) is 10.9 Å². The molecule has 7 nitrogen and oxygen atoms in total. The molecule has 1 atom stereocenters. The Labute approximate surface area is 199 Å². The molecule has 2 heterocycles. The number of halogens is 1. The van der Waals surface area contributed by atoms with Crippen LogP contribution in [0.1, 0.15) is 19.6 Å². The number of hydrogen-bond donors (Lipinski definition) is 2. The van der Waals surface area contributed by atoms with Gasteiger partial charge < -0.3 is 19.9 Å². The number of esters is 1. The number of thiocarbonyl (C=S) groups is 1. The van der Waals surface area contributed by atoms with Crippen molar-refractivity contribution in [1.82, 2.24) is 15.5 Å². The van der Waals surface area contributed by atoms with Gasteiger partial charge in [0.25, 0.3) is 0 Å². The van der Waals surface area contributed by atoms with Crippen LogP contribution in [0.15, 0.2) is 53.1 Å². The summed E-state index contributed by atoms with van der Waals surface area (Å²) < 4.78 is 24.4. The first-order valence-electron chi connectivity index (χ1n) is 10.1. The van der Waals surface area contributed by atoms with E-state index >= 15 is 0 Å². The molecule has 0 unspecified atom stereocenters. The van der Waals surface area contributed by atoms with E-state index in [9.17, 15) is 9.18 Å². The van der Waals surface area contributed by atoms with Crippen molar-refractivity contribution in [2.75, 3.05) is 12.4 Å². The molecule has 4 rings (SSSR count). The molecule has 0 radical (unpaired) electrons. The lowest BCUT2D eigenvalue weighted by Gasteiger charge is -2.20. The molecule has 0 aliphatic carbocycles. The maximum Gasteiger partial charge on any atom is 0.328 e. The fourth-order valence-corrected chi connectivity index (χ4v) is 4.29. The third kappa shape index (κ3) is 5.18. The number of nitrogens with one attached hydrogen (secondary N) is 2. The van der Waals surface area contributed by atoms with Crippen molar-refractivity contribution in [3.63, 3.8) is 0 Å². The van der Waals surface area contributed by atoms with Crippen LogP contribution in [0.5, 0.6) is 0 Å². The molecule has 0 saturated heterocycles. The topological polar surface area (TPSA) is 89.3 Å². The number of ether oxygens (including phenoxy) is 1. The maximum atomic E-state index is 13.4. The molecule has 2 aromatic heterocycles. The van der Waals surface area contributed by atoms with Crippen LogP contribution in [0.2, 0.25) is 0 Å². The Hall–Kier alpha value is -3.37. The fourth-order valence-electron chi connectivity index (χ4n) is 3.16. The summed E-state index contributed by atoms with van der Waals surface area (Å²) >= 11 is 6.76. The summed E-state index contributed by atoms with van der Waals surface area (Å²) in [5.41, 5.74) is 3.01. The Morgan fingerprint density at radius 1 is 1.18 bits per heavy atom. The normalized spacial score (nSPS) is 12.0. The standard InChI is InChI=1S/C23H21FN4O3S2/c1-12(2)20(22(29)30-3)27-21(32)18-11-17(28-31-18)13-4-7-15(8-5-13)25-23-26-16-9-6-14(24)10-19(16)33-23/h4-12,20H,1-3H3,(H,25,26)(H,27,32)/t20-/m1/s1. The summed E-state index contributed by atoms with van der Waals surface area (Å²) in [5.74, 6) is -0.340. The summed E-state index contributed by atoms with van der Waals surface area (Å²) in [6.07, 6.45) is 0. The zero-order chi connectivity index (χ0) is 23.5. The van der Waals surface area contributed by atoms with E-state index in [4.69, 9.17) is 21.5 Å². The predicted octanol–water partition coefficient (Wildman–Crippen LogP) is 5.30. The van der Waals surface area contributed by atoms with Crippen molar-refractivity contribution in [2.24, 2.45) is 5.92 Å². The molecule has 0 fully saturated rings. The number of rotatable bonds is 7. The quantitative estimate of drug-likeness (QED) is 0.270. The third-order valence-electron chi connectivity index (χ3n) is 4.92. The molecular weight excluding hydrogens is 463 g/mol. The van der Waals surface area contributed by atoms with Crippen molar-refractivity contribution in [2.45, 2.75) is 19.9 Å². The van der Waals surface area contributed by atoms with Gasteiger partial charge in [0.2, 0.25) is 0 Å². The van der Waals surface area contributed by atoms with E-state index in [0.29, 0.717) is 16.6 Å². The molecular formula is C23H21FN4O3S2. The smallest absolute Gasteiger partial charge is 0.328 e. The van der Waals surface area contributed by atoms with Crippen LogP contribution in [0.25, 0.3) is 21.5 Å². The molecule has 33 heavy (non-hydrogen) atoms. The minimum atomic E-state index is -0.583. The van der Waals surface area contributed by atoms with Gasteiger partial charge in [-0.2, -0.15) is 0 Å². The first kappa shape index (κ1) is 22.8. The van der Waals surface area contributed by atoms with Crippen LogP contribution in [0, 0.1) is 11.7 Å². The van der Waals surface area contributed by atoms with Gasteiger partial charge in [0, 0.05) is 17.3 Å². The molecule has 0 spiro atoms. The highest BCUT2D eigenvalue weighted by Crippen LogP contribution is 2.30. The van der Waals surface area contributed by atoms with E-state index in [0.717, 1.165) is 21.5 Å². The first-order chi connectivity index (χ1) is 15.8. The second kappa shape index (κ2) is 9.63. The predicted molar refractivity (Wildman–Crippen MR) is 130 cm³/mol. The Bertz CT molecular complexity index is 1300. The summed E-state index contributed by atoms with van der Waals surface area (Å²) in [5, 5.41) is 11.0. The average Bonchev–Trinajstić information content (AvgIpc) is 3.44. The van der Waals surface area contributed by atoms with E-state index in [1.165, 1.54) is 30.6 Å². The lowest BCUT2D eigenvalue weighted by molar-refractivity contribution is -0.143. The zero-order valence-electron chi connectivity index (χ0n) is 18.1. The summed E-state index contributed by atoms with van der Waals surface area (Å²) in [6.45, 7) is 3.79. The molecule has 0 aliphatic heterocycles. The average molecular weight is 485 g/mol. The number of methoxy groups -OCH3 is 1. The van der Waals surface area contributed by atoms with Gasteiger partial charge in [-0.1, -0.05) is 54.7 Å². The number of thiazole rings is 1. The number of anilines is 2. The van der Waals surface area contributed by atoms with Crippen LogP contribution < -0.4 is 10.6 Å². The summed E-state index contributed by atoms with van der Waals surface area (Å²) in [6, 6.07) is 13.2. The molecule has 0 amide bonds. The molecule has 10 heteroatoms. The molecule has 4 aromatic rings. The third-order valence-corrected chi connectivity index (χ3v) is 6.18. The van der Waals surface area contributed by atoms with Gasteiger partial charge in [0.05, 0.1) is 17.3 Å². The minimum Gasteiger partial charge on any atom is -0.467 e. The SMILES string of the molecule is COC(=O)[C@H](NC(=S)c1cc(-c2ccc(Nc3nc4ccc(F)cc4s3)cc2)no1)C(C)C. The molecule has 0 saturated carbocycles. The van der Waals surface area contributed by atoms with Crippen LogP contribution in [-0.2, 0) is 9.53 Å². The Balaban J connectivity index is 1.45. The number of aromatic nitrogens is 2. The monoisotopic (exact) mass is 484 g/mol. The Morgan fingerprint density at radius 2 is 1.94 bits per heavy atom. The van der Waals surface area contributed by atoms with Crippen LogP contribution >= 0.6 is 23.6 Å². The highest BCUT2D eigenvalue weighted by molar-refractivity contribution is 7.80. The molecule has 0 bridgehead atoms. The van der Waals surface area contributed by atoms with E-state index in [2.05, 4.69) is 20.8 Å². The number of carbonyl (C=O) groups is 1. The van der Waals surface area contributed by atoms with Crippen molar-refractivity contribution in [1.29, 1.82) is 0 Å². The molecule has 2 aromatic carbocycles. The largest absolute Gasteiger partial charge is 0.467 e. The van der Waals surface area contributed by atoms with Crippen molar-refractivity contribution in [3.8, 4) is 11.3 Å². The lowest BCUT2D eigenvalue weighted by Crippen LogP contribution is -2.44. The molecule has 170 valence electrons. The van der Waals surface area contributed by atoms with Crippen LogP contribution in [-0.4, -0.2) is 34.3 Å². The second-order valence-electron chi connectivity index (χ2n) is 7.63. The zero-order valence-corrected chi connectivity index (χ0v) is 19.7. The van der Waals surface area contributed by atoms with Crippen LogP contribution in [0.4, 0.5) is 15.2 Å². The van der Waals surface area contributed by atoms with Gasteiger partial charge in [-0.15, -0.1) is 0 Å². The van der Waals surface area contributed by atoms with Gasteiger partial charge in [-0.3, -0.25) is 0 Å². The van der Waals surface area contributed by atoms with E-state index in [1.54, 1.807) is 12.1 Å². The van der Waals surface area contributed by atoms with Crippen molar-refractivity contribution in [3.05, 3.63) is 60.1 Å². The summed E-state index contributed by atoms with van der Waals surface area (Å²) in [4.78, 5) is 16.7. The van der Waals surface area contributed by atoms with Gasteiger partial charge in [-0.05, 0) is 36.2 Å². The second-order valence-corrected chi connectivity index (χ2v) is 9.07. The van der Waals surface area contributed by atoms with E-state index in [1.807, 2.05) is 38.1 Å². The van der Waals surface area contributed by atoms with E-state index in [-0.39, 0.29) is 16.7 Å². The summed E-state index contributed by atoms with van der Waals surface area (Å²) in [7, 11) is 1.34. The molecule has 0 aliphatic rings. The number of hydrogen-bond acceptors (Lipinski definition) is 8. The number of fused-ring (bicyclic) bond motifs is 1. The lowest BCUT2D eigenvalue weighted by atomic mass is 10.0. The van der Waals surface area contributed by atoms with E-state index < -0.39 is 12.0 Å².